The highest BCUT2D eigenvalue weighted by atomic mass is 32.2. The number of rotatable bonds is 6. The van der Waals surface area contributed by atoms with Gasteiger partial charge in [0.1, 0.15) is 11.5 Å². The maximum atomic E-state index is 5.84. The lowest BCUT2D eigenvalue weighted by Crippen LogP contribution is -2.05. The van der Waals surface area contributed by atoms with Crippen LogP contribution in [-0.2, 0) is 5.75 Å². The Kier molecular flexibility index (Phi) is 4.85. The quantitative estimate of drug-likeness (QED) is 0.421. The summed E-state index contributed by atoms with van der Waals surface area (Å²) in [6.45, 7) is 5.92. The van der Waals surface area contributed by atoms with Gasteiger partial charge >= 0.3 is 0 Å². The van der Waals surface area contributed by atoms with Crippen molar-refractivity contribution < 1.29 is 13.6 Å². The monoisotopic (exact) mass is 381 g/mol. The summed E-state index contributed by atoms with van der Waals surface area (Å²) in [6, 6.07) is 11.4. The summed E-state index contributed by atoms with van der Waals surface area (Å²) in [5.41, 5.74) is 3.08. The molecule has 0 atom stereocenters. The molecule has 6 nitrogen and oxygen atoms in total. The van der Waals surface area contributed by atoms with Crippen LogP contribution in [0.5, 0.6) is 5.75 Å². The Labute approximate surface area is 161 Å². The van der Waals surface area contributed by atoms with Gasteiger partial charge in [-0.3, -0.25) is 0 Å². The van der Waals surface area contributed by atoms with E-state index in [2.05, 4.69) is 15.0 Å². The average Bonchev–Trinajstić information content (AvgIpc) is 3.23. The van der Waals surface area contributed by atoms with Crippen LogP contribution in [0.15, 0.2) is 56.7 Å². The van der Waals surface area contributed by atoms with E-state index in [9.17, 15) is 0 Å². The van der Waals surface area contributed by atoms with Gasteiger partial charge in [0.2, 0.25) is 5.89 Å². The lowest BCUT2D eigenvalue weighted by molar-refractivity contribution is 0.242. The van der Waals surface area contributed by atoms with Crippen molar-refractivity contribution in [3.63, 3.8) is 0 Å². The number of aryl methyl sites for hydroxylation is 1. The lowest BCUT2D eigenvalue weighted by Gasteiger charge is -2.09. The molecule has 0 unspecified atom stereocenters. The fourth-order valence-corrected chi connectivity index (χ4v) is 3.40. The molecule has 3 aromatic heterocycles. The van der Waals surface area contributed by atoms with Crippen LogP contribution < -0.4 is 4.74 Å². The molecule has 4 aromatic rings. The first kappa shape index (κ1) is 17.6. The number of hydrogen-bond donors (Lipinski definition) is 0. The third kappa shape index (κ3) is 3.98. The van der Waals surface area contributed by atoms with E-state index in [-0.39, 0.29) is 6.10 Å². The van der Waals surface area contributed by atoms with Crippen LogP contribution in [0.1, 0.15) is 25.3 Å². The predicted molar refractivity (Wildman–Crippen MR) is 104 cm³/mol. The largest absolute Gasteiger partial charge is 0.491 e. The maximum absolute atomic E-state index is 5.84. The minimum atomic E-state index is 0.144. The lowest BCUT2D eigenvalue weighted by atomic mass is 10.2. The summed E-state index contributed by atoms with van der Waals surface area (Å²) < 4.78 is 17.2. The first-order chi connectivity index (χ1) is 13.1. The average molecular weight is 381 g/mol. The molecule has 3 heterocycles. The summed E-state index contributed by atoms with van der Waals surface area (Å²) in [4.78, 5) is 13.2. The van der Waals surface area contributed by atoms with E-state index in [4.69, 9.17) is 13.6 Å². The highest BCUT2D eigenvalue weighted by Crippen LogP contribution is 2.29. The van der Waals surface area contributed by atoms with E-state index in [1.807, 2.05) is 57.2 Å². The minimum absolute atomic E-state index is 0.144. The maximum Gasteiger partial charge on any atom is 0.258 e. The van der Waals surface area contributed by atoms with Crippen LogP contribution in [0.3, 0.4) is 0 Å². The number of oxazole rings is 2. The Balaban J connectivity index is 1.47. The van der Waals surface area contributed by atoms with Crippen LogP contribution in [0.4, 0.5) is 0 Å². The number of pyridine rings is 1. The minimum Gasteiger partial charge on any atom is -0.491 e. The molecular formula is C20H19N3O3S. The topological polar surface area (TPSA) is 74.2 Å². The summed E-state index contributed by atoms with van der Waals surface area (Å²) in [6.07, 6.45) is 1.84. The molecule has 0 saturated carbocycles. The van der Waals surface area contributed by atoms with Crippen molar-refractivity contribution in [1.29, 1.82) is 0 Å². The summed E-state index contributed by atoms with van der Waals surface area (Å²) in [5.74, 6) is 2.82. The molecule has 0 spiro atoms. The van der Waals surface area contributed by atoms with Crippen molar-refractivity contribution in [2.24, 2.45) is 0 Å². The van der Waals surface area contributed by atoms with Crippen molar-refractivity contribution in [2.45, 2.75) is 37.9 Å². The number of aromatic nitrogens is 3. The Morgan fingerprint density at radius 3 is 2.63 bits per heavy atom. The normalized spacial score (nSPS) is 11.4. The van der Waals surface area contributed by atoms with Gasteiger partial charge in [0.15, 0.2) is 11.2 Å². The number of thioether (sulfide) groups is 1. The fourth-order valence-electron chi connectivity index (χ4n) is 2.57. The second-order valence-corrected chi connectivity index (χ2v) is 7.23. The van der Waals surface area contributed by atoms with Gasteiger partial charge in [0, 0.05) is 17.5 Å². The van der Waals surface area contributed by atoms with E-state index in [1.165, 1.54) is 11.8 Å². The Morgan fingerprint density at radius 2 is 1.89 bits per heavy atom. The molecule has 0 bridgehead atoms. The summed E-state index contributed by atoms with van der Waals surface area (Å²) >= 11 is 1.47. The van der Waals surface area contributed by atoms with Gasteiger partial charge in [0.25, 0.3) is 5.22 Å². The predicted octanol–water partition coefficient (Wildman–Crippen LogP) is 5.27. The van der Waals surface area contributed by atoms with Crippen LogP contribution in [0.2, 0.25) is 0 Å². The molecule has 138 valence electrons. The zero-order valence-corrected chi connectivity index (χ0v) is 16.1. The van der Waals surface area contributed by atoms with Crippen LogP contribution in [-0.4, -0.2) is 21.1 Å². The van der Waals surface area contributed by atoms with Gasteiger partial charge in [-0.15, -0.1) is 0 Å². The van der Waals surface area contributed by atoms with E-state index >= 15 is 0 Å². The van der Waals surface area contributed by atoms with Gasteiger partial charge in [-0.1, -0.05) is 11.8 Å². The van der Waals surface area contributed by atoms with Gasteiger partial charge in [-0.05, 0) is 57.2 Å². The zero-order chi connectivity index (χ0) is 18.8. The highest BCUT2D eigenvalue weighted by molar-refractivity contribution is 7.98. The van der Waals surface area contributed by atoms with Gasteiger partial charge in [-0.2, -0.15) is 4.98 Å². The van der Waals surface area contributed by atoms with Crippen molar-refractivity contribution in [3.8, 4) is 17.2 Å². The number of ether oxygens (including phenoxy) is 1. The molecule has 0 N–H and O–H groups in total. The number of hydrogen-bond acceptors (Lipinski definition) is 7. The van der Waals surface area contributed by atoms with Crippen molar-refractivity contribution in [2.75, 3.05) is 0 Å². The molecule has 0 aliphatic carbocycles. The fraction of sp³-hybridized carbons (Fsp3) is 0.250. The van der Waals surface area contributed by atoms with Gasteiger partial charge in [-0.25, -0.2) is 9.97 Å². The summed E-state index contributed by atoms with van der Waals surface area (Å²) in [5, 5.41) is 0.572. The molecule has 4 rings (SSSR count). The third-order valence-electron chi connectivity index (χ3n) is 3.84. The van der Waals surface area contributed by atoms with E-state index < -0.39 is 0 Å². The SMILES string of the molecule is Cc1oc(-c2ccc(OC(C)C)cc2)nc1CSc1nc2ncccc2o1. The number of nitrogens with zero attached hydrogens (tertiary/aromatic N) is 3. The molecule has 0 saturated heterocycles. The van der Waals surface area contributed by atoms with E-state index in [0.717, 1.165) is 22.8 Å². The van der Waals surface area contributed by atoms with Crippen molar-refractivity contribution in [3.05, 3.63) is 54.0 Å². The molecule has 0 fully saturated rings. The first-order valence-electron chi connectivity index (χ1n) is 8.66. The Morgan fingerprint density at radius 1 is 1.07 bits per heavy atom. The molecule has 0 aliphatic heterocycles. The summed E-state index contributed by atoms with van der Waals surface area (Å²) in [7, 11) is 0. The van der Waals surface area contributed by atoms with Crippen LogP contribution >= 0.6 is 11.8 Å². The second kappa shape index (κ2) is 7.44. The molecular weight excluding hydrogens is 362 g/mol. The molecule has 0 aliphatic rings. The molecule has 7 heteroatoms. The molecule has 0 radical (unpaired) electrons. The van der Waals surface area contributed by atoms with Crippen LogP contribution in [0, 0.1) is 6.92 Å². The van der Waals surface area contributed by atoms with Crippen LogP contribution in [0.25, 0.3) is 22.7 Å². The Bertz CT molecular complexity index is 1020. The molecule has 1 aromatic carbocycles. The second-order valence-electron chi connectivity index (χ2n) is 6.31. The van der Waals surface area contributed by atoms with Crippen molar-refractivity contribution in [1.82, 2.24) is 15.0 Å². The van der Waals surface area contributed by atoms with E-state index in [0.29, 0.717) is 28.1 Å². The zero-order valence-electron chi connectivity index (χ0n) is 15.3. The smallest absolute Gasteiger partial charge is 0.258 e. The third-order valence-corrected chi connectivity index (χ3v) is 4.68. The van der Waals surface area contributed by atoms with Crippen molar-refractivity contribution >= 4 is 23.0 Å². The first-order valence-corrected chi connectivity index (χ1v) is 9.65. The number of fused-ring (bicyclic) bond motifs is 1. The number of benzene rings is 1. The van der Waals surface area contributed by atoms with Gasteiger partial charge < -0.3 is 13.6 Å². The molecule has 27 heavy (non-hydrogen) atoms. The Hall–Kier alpha value is -2.80. The molecule has 0 amide bonds. The van der Waals surface area contributed by atoms with Gasteiger partial charge in [0.05, 0.1) is 11.8 Å². The van der Waals surface area contributed by atoms with E-state index in [1.54, 1.807) is 6.20 Å². The standard InChI is InChI=1S/C20H19N3O3S/c1-12(2)24-15-8-6-14(7-9-15)19-22-16(13(3)25-19)11-27-20-23-18-17(26-20)5-4-10-21-18/h4-10,12H,11H2,1-3H3. The highest BCUT2D eigenvalue weighted by Gasteiger charge is 2.14.